The Balaban J connectivity index is 2.06. The van der Waals surface area contributed by atoms with Gasteiger partial charge in [0.05, 0.1) is 32.4 Å². The van der Waals surface area contributed by atoms with Crippen LogP contribution in [0.5, 0.6) is 0 Å². The Morgan fingerprint density at radius 2 is 1.93 bits per heavy atom. The molecule has 9 nitrogen and oxygen atoms in total. The van der Waals surface area contributed by atoms with Gasteiger partial charge >= 0.3 is 0 Å². The quantitative estimate of drug-likeness (QED) is 0.404. The zero-order valence-corrected chi connectivity index (χ0v) is 17.9. The van der Waals surface area contributed by atoms with Crippen LogP contribution in [-0.4, -0.2) is 43.3 Å². The summed E-state index contributed by atoms with van der Waals surface area (Å²) in [7, 11) is -1.82. The van der Waals surface area contributed by atoms with Crippen molar-refractivity contribution in [2.75, 3.05) is 19.5 Å². The number of methoxy groups -OCH3 is 1. The molecule has 3 rings (SSSR count). The molecule has 0 unspecified atom stereocenters. The summed E-state index contributed by atoms with van der Waals surface area (Å²) in [5.41, 5.74) is 0.769. The largest absolute Gasteiger partial charge is 0.383 e. The summed E-state index contributed by atoms with van der Waals surface area (Å²) in [5.74, 6) is -0.569. The first-order valence-corrected chi connectivity index (χ1v) is 11.4. The van der Waals surface area contributed by atoms with Crippen LogP contribution >= 0.6 is 11.3 Å². The summed E-state index contributed by atoms with van der Waals surface area (Å²) >= 11 is 1.23. The molecule has 0 bridgehead atoms. The van der Waals surface area contributed by atoms with Crippen LogP contribution in [0.25, 0.3) is 10.2 Å². The van der Waals surface area contributed by atoms with E-state index in [-0.39, 0.29) is 21.9 Å². The van der Waals surface area contributed by atoms with Crippen LogP contribution in [0.1, 0.15) is 17.3 Å². The van der Waals surface area contributed by atoms with Gasteiger partial charge in [-0.05, 0) is 30.3 Å². The zero-order valence-electron chi connectivity index (χ0n) is 16.3. The molecule has 3 aromatic rings. The monoisotopic (exact) mass is 449 g/mol. The number of nitro benzene ring substituents is 1. The lowest BCUT2D eigenvalue weighted by Gasteiger charge is -2.04. The van der Waals surface area contributed by atoms with Gasteiger partial charge in [0.1, 0.15) is 0 Å². The predicted molar refractivity (Wildman–Crippen MR) is 112 cm³/mol. The minimum absolute atomic E-state index is 0.0297. The van der Waals surface area contributed by atoms with Gasteiger partial charge in [-0.3, -0.25) is 14.9 Å². The summed E-state index contributed by atoms with van der Waals surface area (Å²) < 4.78 is 31.4. The Labute approximate surface area is 176 Å². The number of sulfone groups is 1. The van der Waals surface area contributed by atoms with Gasteiger partial charge in [-0.25, -0.2) is 8.42 Å². The number of thiazole rings is 1. The smallest absolute Gasteiger partial charge is 0.279 e. The molecule has 1 aromatic heterocycles. The highest BCUT2D eigenvalue weighted by Gasteiger charge is 2.15. The number of nitro groups is 1. The molecule has 0 aliphatic rings. The van der Waals surface area contributed by atoms with Gasteiger partial charge in [0.25, 0.3) is 11.6 Å². The molecule has 0 fully saturated rings. The van der Waals surface area contributed by atoms with E-state index in [1.165, 1.54) is 54.8 Å². The highest BCUT2D eigenvalue weighted by atomic mass is 32.2. The number of nitrogens with zero attached hydrogens (tertiary/aromatic N) is 3. The molecular formula is C19H19N3O6S2. The first-order chi connectivity index (χ1) is 14.3. The van der Waals surface area contributed by atoms with Crippen LogP contribution in [0.2, 0.25) is 0 Å². The van der Waals surface area contributed by atoms with E-state index in [0.29, 0.717) is 23.5 Å². The SMILES string of the molecule is CCS(=O)(=O)c1ccc(C(=O)N=c2sc3ccc([N+](=O)[O-])cc3n2CCOC)cc1. The van der Waals surface area contributed by atoms with Crippen LogP contribution < -0.4 is 4.80 Å². The van der Waals surface area contributed by atoms with Gasteiger partial charge in [-0.15, -0.1) is 0 Å². The molecule has 0 saturated carbocycles. The average molecular weight is 450 g/mol. The lowest BCUT2D eigenvalue weighted by Crippen LogP contribution is -2.19. The molecule has 0 N–H and O–H groups in total. The van der Waals surface area contributed by atoms with E-state index in [0.717, 1.165) is 4.70 Å². The van der Waals surface area contributed by atoms with Crippen LogP contribution in [0, 0.1) is 10.1 Å². The van der Waals surface area contributed by atoms with E-state index in [2.05, 4.69) is 4.99 Å². The molecule has 0 aliphatic heterocycles. The Kier molecular flexibility index (Phi) is 6.44. The van der Waals surface area contributed by atoms with Gasteiger partial charge in [0, 0.05) is 31.4 Å². The van der Waals surface area contributed by atoms with E-state index in [4.69, 9.17) is 4.74 Å². The first-order valence-electron chi connectivity index (χ1n) is 8.95. The second-order valence-electron chi connectivity index (χ2n) is 6.28. The highest BCUT2D eigenvalue weighted by Crippen LogP contribution is 2.23. The van der Waals surface area contributed by atoms with Crippen LogP contribution in [0.4, 0.5) is 5.69 Å². The summed E-state index contributed by atoms with van der Waals surface area (Å²) in [6.07, 6.45) is 0. The number of fused-ring (bicyclic) bond motifs is 1. The van der Waals surface area contributed by atoms with Crippen molar-refractivity contribution in [3.63, 3.8) is 0 Å². The second-order valence-corrected chi connectivity index (χ2v) is 9.57. The fraction of sp³-hybridized carbons (Fsp3) is 0.263. The highest BCUT2D eigenvalue weighted by molar-refractivity contribution is 7.91. The van der Waals surface area contributed by atoms with Crippen LogP contribution in [-0.2, 0) is 21.1 Å². The normalized spacial score (nSPS) is 12.4. The number of carbonyl (C=O) groups is 1. The minimum Gasteiger partial charge on any atom is -0.383 e. The van der Waals surface area contributed by atoms with Gasteiger partial charge in [0.15, 0.2) is 14.6 Å². The molecule has 1 amide bonds. The van der Waals surface area contributed by atoms with Crippen molar-refractivity contribution in [2.24, 2.45) is 4.99 Å². The van der Waals surface area contributed by atoms with Crippen LogP contribution in [0.15, 0.2) is 52.4 Å². The predicted octanol–water partition coefficient (Wildman–Crippen LogP) is 2.79. The minimum atomic E-state index is -3.36. The number of hydrogen-bond donors (Lipinski definition) is 0. The lowest BCUT2D eigenvalue weighted by molar-refractivity contribution is -0.384. The Hall–Kier alpha value is -2.89. The maximum Gasteiger partial charge on any atom is 0.279 e. The summed E-state index contributed by atoms with van der Waals surface area (Å²) in [4.78, 5) is 28.0. The van der Waals surface area contributed by atoms with Crippen molar-refractivity contribution >= 4 is 43.0 Å². The Morgan fingerprint density at radius 1 is 1.23 bits per heavy atom. The van der Waals surface area contributed by atoms with E-state index >= 15 is 0 Å². The van der Waals surface area contributed by atoms with Gasteiger partial charge in [-0.1, -0.05) is 18.3 Å². The van der Waals surface area contributed by atoms with E-state index in [1.807, 2.05) is 0 Å². The molecule has 0 saturated heterocycles. The molecule has 11 heteroatoms. The molecule has 1 heterocycles. The average Bonchev–Trinajstić information content (AvgIpc) is 3.08. The van der Waals surface area contributed by atoms with Crippen molar-refractivity contribution in [3.8, 4) is 0 Å². The van der Waals surface area contributed by atoms with Crippen molar-refractivity contribution in [1.29, 1.82) is 0 Å². The standard InChI is InChI=1S/C19H19N3O6S2/c1-3-30(26,27)15-7-4-13(5-8-15)18(23)20-19-21(10-11-28-2)16-12-14(22(24)25)6-9-17(16)29-19/h4-9,12H,3,10-11H2,1-2H3. The molecule has 0 atom stereocenters. The molecule has 2 aromatic carbocycles. The molecule has 30 heavy (non-hydrogen) atoms. The molecule has 0 aliphatic carbocycles. The van der Waals surface area contributed by atoms with Gasteiger partial charge < -0.3 is 9.30 Å². The molecule has 0 radical (unpaired) electrons. The van der Waals surface area contributed by atoms with Crippen molar-refractivity contribution in [2.45, 2.75) is 18.4 Å². The lowest BCUT2D eigenvalue weighted by atomic mass is 10.2. The number of non-ortho nitro benzene ring substituents is 1. The second kappa shape index (κ2) is 8.86. The van der Waals surface area contributed by atoms with Gasteiger partial charge in [-0.2, -0.15) is 4.99 Å². The number of aromatic nitrogens is 1. The third kappa shape index (κ3) is 4.48. The van der Waals surface area contributed by atoms with Crippen molar-refractivity contribution in [3.05, 3.63) is 62.9 Å². The number of hydrogen-bond acceptors (Lipinski definition) is 7. The Morgan fingerprint density at radius 3 is 2.53 bits per heavy atom. The summed E-state index contributed by atoms with van der Waals surface area (Å²) in [5, 5.41) is 11.1. The van der Waals surface area contributed by atoms with Crippen molar-refractivity contribution < 1.29 is 22.9 Å². The molecular weight excluding hydrogens is 430 g/mol. The number of rotatable bonds is 7. The van der Waals surface area contributed by atoms with Crippen molar-refractivity contribution in [1.82, 2.24) is 4.57 Å². The number of amides is 1. The number of ether oxygens (including phenoxy) is 1. The topological polar surface area (TPSA) is 121 Å². The van der Waals surface area contributed by atoms with E-state index in [9.17, 15) is 23.3 Å². The molecule has 158 valence electrons. The number of benzene rings is 2. The fourth-order valence-electron chi connectivity index (χ4n) is 2.78. The van der Waals surface area contributed by atoms with Gasteiger partial charge in [0.2, 0.25) is 0 Å². The third-order valence-electron chi connectivity index (χ3n) is 4.43. The summed E-state index contributed by atoms with van der Waals surface area (Å²) in [6.45, 7) is 2.24. The fourth-order valence-corrected chi connectivity index (χ4v) is 4.70. The van der Waals surface area contributed by atoms with Crippen LogP contribution in [0.3, 0.4) is 0 Å². The maximum atomic E-state index is 12.7. The summed E-state index contributed by atoms with van der Waals surface area (Å²) in [6, 6.07) is 10.1. The zero-order chi connectivity index (χ0) is 21.9. The maximum absolute atomic E-state index is 12.7. The van der Waals surface area contributed by atoms with E-state index < -0.39 is 20.7 Å². The molecule has 0 spiro atoms. The number of carbonyl (C=O) groups excluding carboxylic acids is 1. The Bertz CT molecular complexity index is 1270. The van der Waals surface area contributed by atoms with E-state index in [1.54, 1.807) is 17.6 Å². The third-order valence-corrected chi connectivity index (χ3v) is 7.24. The first kappa shape index (κ1) is 21.8.